The van der Waals surface area contributed by atoms with Crippen LogP contribution in [0, 0.1) is 12.3 Å². The molecule has 0 fully saturated rings. The number of carbonyl (C=O) groups excluding carboxylic acids is 1. The average Bonchev–Trinajstić information content (AvgIpc) is 2.52. The summed E-state index contributed by atoms with van der Waals surface area (Å²) in [6.45, 7) is 3.85. The molecule has 0 radical (unpaired) electrons. The van der Waals surface area contributed by atoms with Gasteiger partial charge in [-0.2, -0.15) is 0 Å². The van der Waals surface area contributed by atoms with Gasteiger partial charge in [0.2, 0.25) is 0 Å². The molecule has 0 spiro atoms. The molecule has 5 heteroatoms. The van der Waals surface area contributed by atoms with Crippen molar-refractivity contribution in [1.82, 2.24) is 15.5 Å². The molecule has 0 aliphatic heterocycles. The third-order valence-electron chi connectivity index (χ3n) is 2.95. The van der Waals surface area contributed by atoms with Crippen LogP contribution in [-0.2, 0) is 6.42 Å². The van der Waals surface area contributed by atoms with Gasteiger partial charge in [-0.3, -0.25) is 9.79 Å². The first-order valence-corrected chi connectivity index (χ1v) is 7.34. The minimum absolute atomic E-state index is 0.00868. The van der Waals surface area contributed by atoms with Crippen LogP contribution in [0.4, 0.5) is 0 Å². The van der Waals surface area contributed by atoms with Crippen molar-refractivity contribution in [2.45, 2.75) is 13.3 Å². The number of nitrogens with one attached hydrogen (secondary N) is 2. The highest BCUT2D eigenvalue weighted by Gasteiger charge is 2.07. The lowest BCUT2D eigenvalue weighted by Crippen LogP contribution is -2.37. The van der Waals surface area contributed by atoms with Crippen LogP contribution < -0.4 is 10.6 Å². The standard InChI is InChI=1S/C17H24N4O/c1-5-11-19-17(18-6-2)20-12-10-14-8-7-9-15(13-14)16(22)21(3)4/h1,7-9,13H,6,10-12H2,2-4H3,(H2,18,19,20). The predicted molar refractivity (Wildman–Crippen MR) is 91.0 cm³/mol. The van der Waals surface area contributed by atoms with Gasteiger partial charge in [-0.1, -0.05) is 18.1 Å². The molecule has 0 aliphatic rings. The first-order valence-electron chi connectivity index (χ1n) is 7.34. The molecular weight excluding hydrogens is 276 g/mol. The molecule has 1 aromatic rings. The van der Waals surface area contributed by atoms with E-state index in [1.807, 2.05) is 31.2 Å². The molecule has 0 saturated carbocycles. The highest BCUT2D eigenvalue weighted by molar-refractivity contribution is 5.94. The topological polar surface area (TPSA) is 56.7 Å². The van der Waals surface area contributed by atoms with Crippen molar-refractivity contribution in [1.29, 1.82) is 0 Å². The van der Waals surface area contributed by atoms with Crippen molar-refractivity contribution in [3.63, 3.8) is 0 Å². The maximum Gasteiger partial charge on any atom is 0.253 e. The predicted octanol–water partition coefficient (Wildman–Crippen LogP) is 1.12. The number of aliphatic imine (C=N–C) groups is 1. The Morgan fingerprint density at radius 1 is 1.36 bits per heavy atom. The second-order valence-corrected chi connectivity index (χ2v) is 4.97. The van der Waals surface area contributed by atoms with E-state index in [4.69, 9.17) is 6.42 Å². The summed E-state index contributed by atoms with van der Waals surface area (Å²) in [4.78, 5) is 18.0. The number of benzene rings is 1. The quantitative estimate of drug-likeness (QED) is 0.470. The van der Waals surface area contributed by atoms with Gasteiger partial charge in [0.1, 0.15) is 0 Å². The SMILES string of the molecule is C#CCNC(=NCCc1cccc(C(=O)N(C)C)c1)NCC. The highest BCUT2D eigenvalue weighted by Crippen LogP contribution is 2.08. The summed E-state index contributed by atoms with van der Waals surface area (Å²) in [5, 5.41) is 6.17. The van der Waals surface area contributed by atoms with Crippen molar-refractivity contribution in [3.05, 3.63) is 35.4 Å². The van der Waals surface area contributed by atoms with Gasteiger partial charge in [0.25, 0.3) is 5.91 Å². The first kappa shape index (κ1) is 17.6. The molecule has 0 atom stereocenters. The summed E-state index contributed by atoms with van der Waals surface area (Å²) in [5.41, 5.74) is 1.79. The number of hydrogen-bond donors (Lipinski definition) is 2. The number of amides is 1. The maximum atomic E-state index is 11.9. The molecule has 1 aromatic carbocycles. The van der Waals surface area contributed by atoms with Gasteiger partial charge in [0, 0.05) is 32.7 Å². The number of carbonyl (C=O) groups is 1. The molecule has 2 N–H and O–H groups in total. The number of rotatable bonds is 6. The Labute approximate surface area is 132 Å². The van der Waals surface area contributed by atoms with Crippen LogP contribution in [0.15, 0.2) is 29.3 Å². The van der Waals surface area contributed by atoms with Crippen LogP contribution in [0.5, 0.6) is 0 Å². The lowest BCUT2D eigenvalue weighted by atomic mass is 10.1. The number of terminal acetylenes is 1. The minimum atomic E-state index is 0.00868. The lowest BCUT2D eigenvalue weighted by Gasteiger charge is -2.11. The van der Waals surface area contributed by atoms with Crippen LogP contribution in [0.1, 0.15) is 22.8 Å². The van der Waals surface area contributed by atoms with Gasteiger partial charge >= 0.3 is 0 Å². The van der Waals surface area contributed by atoms with E-state index in [-0.39, 0.29) is 5.91 Å². The Morgan fingerprint density at radius 3 is 2.77 bits per heavy atom. The number of nitrogens with zero attached hydrogens (tertiary/aromatic N) is 2. The van der Waals surface area contributed by atoms with Gasteiger partial charge in [-0.15, -0.1) is 6.42 Å². The molecule has 0 aromatic heterocycles. The Kier molecular flexibility index (Phi) is 7.55. The van der Waals surface area contributed by atoms with E-state index >= 15 is 0 Å². The molecule has 118 valence electrons. The number of hydrogen-bond acceptors (Lipinski definition) is 2. The highest BCUT2D eigenvalue weighted by atomic mass is 16.2. The molecule has 5 nitrogen and oxygen atoms in total. The van der Waals surface area contributed by atoms with E-state index < -0.39 is 0 Å². The van der Waals surface area contributed by atoms with E-state index in [9.17, 15) is 4.79 Å². The van der Waals surface area contributed by atoms with E-state index in [1.54, 1.807) is 19.0 Å². The monoisotopic (exact) mass is 300 g/mol. The van der Waals surface area contributed by atoms with E-state index in [1.165, 1.54) is 0 Å². The van der Waals surface area contributed by atoms with Crippen LogP contribution >= 0.6 is 0 Å². The van der Waals surface area contributed by atoms with Crippen molar-refractivity contribution in [3.8, 4) is 12.3 Å². The Balaban J connectivity index is 2.65. The summed E-state index contributed by atoms with van der Waals surface area (Å²) in [5.74, 6) is 3.24. The normalized spacial score (nSPS) is 10.7. The molecule has 0 bridgehead atoms. The van der Waals surface area contributed by atoms with Gasteiger partial charge in [-0.25, -0.2) is 0 Å². The van der Waals surface area contributed by atoms with Crippen molar-refractivity contribution in [2.24, 2.45) is 4.99 Å². The van der Waals surface area contributed by atoms with Gasteiger partial charge in [-0.05, 0) is 31.0 Å². The average molecular weight is 300 g/mol. The zero-order valence-electron chi connectivity index (χ0n) is 13.5. The van der Waals surface area contributed by atoms with Gasteiger partial charge in [0.15, 0.2) is 5.96 Å². The first-order chi connectivity index (χ1) is 10.6. The second kappa shape index (κ2) is 9.46. The molecule has 0 saturated heterocycles. The Morgan fingerprint density at radius 2 is 2.14 bits per heavy atom. The largest absolute Gasteiger partial charge is 0.357 e. The smallest absolute Gasteiger partial charge is 0.253 e. The fraction of sp³-hybridized carbons (Fsp3) is 0.412. The van der Waals surface area contributed by atoms with Crippen LogP contribution in [0.3, 0.4) is 0 Å². The van der Waals surface area contributed by atoms with Crippen molar-refractivity contribution in [2.75, 3.05) is 33.7 Å². The second-order valence-electron chi connectivity index (χ2n) is 4.97. The molecule has 22 heavy (non-hydrogen) atoms. The van der Waals surface area contributed by atoms with Crippen LogP contribution in [0.25, 0.3) is 0 Å². The summed E-state index contributed by atoms with van der Waals surface area (Å²) in [6, 6.07) is 7.65. The Bertz CT molecular complexity index is 558. The van der Waals surface area contributed by atoms with Crippen molar-refractivity contribution >= 4 is 11.9 Å². The molecule has 0 heterocycles. The zero-order chi connectivity index (χ0) is 16.4. The number of guanidine groups is 1. The summed E-state index contributed by atoms with van der Waals surface area (Å²) in [7, 11) is 3.50. The molecule has 0 aliphatic carbocycles. The lowest BCUT2D eigenvalue weighted by molar-refractivity contribution is 0.0827. The van der Waals surface area contributed by atoms with E-state index in [0.29, 0.717) is 24.6 Å². The van der Waals surface area contributed by atoms with Crippen molar-refractivity contribution < 1.29 is 4.79 Å². The van der Waals surface area contributed by atoms with Crippen LogP contribution in [-0.4, -0.2) is 50.5 Å². The van der Waals surface area contributed by atoms with E-state index in [2.05, 4.69) is 21.5 Å². The zero-order valence-corrected chi connectivity index (χ0v) is 13.5. The summed E-state index contributed by atoms with van der Waals surface area (Å²) >= 11 is 0. The fourth-order valence-electron chi connectivity index (χ4n) is 1.89. The summed E-state index contributed by atoms with van der Waals surface area (Å²) in [6.07, 6.45) is 6.00. The summed E-state index contributed by atoms with van der Waals surface area (Å²) < 4.78 is 0. The van der Waals surface area contributed by atoms with Gasteiger partial charge in [0.05, 0.1) is 6.54 Å². The molecule has 0 unspecified atom stereocenters. The minimum Gasteiger partial charge on any atom is -0.357 e. The third-order valence-corrected chi connectivity index (χ3v) is 2.95. The van der Waals surface area contributed by atoms with Crippen LogP contribution in [0.2, 0.25) is 0 Å². The third kappa shape index (κ3) is 5.88. The van der Waals surface area contributed by atoms with E-state index in [0.717, 1.165) is 18.5 Å². The maximum absolute atomic E-state index is 11.9. The van der Waals surface area contributed by atoms with Gasteiger partial charge < -0.3 is 15.5 Å². The molecule has 1 amide bonds. The molecule has 1 rings (SSSR count). The fourth-order valence-corrected chi connectivity index (χ4v) is 1.89. The Hall–Kier alpha value is -2.48. The molecular formula is C17H24N4O.